The Morgan fingerprint density at radius 3 is 2.70 bits per heavy atom. The van der Waals surface area contributed by atoms with Gasteiger partial charge >= 0.3 is 5.97 Å². The summed E-state index contributed by atoms with van der Waals surface area (Å²) in [6, 6.07) is 5.83. The number of carbonyl (C=O) groups excluding carboxylic acids is 1. The largest absolute Gasteiger partial charge is 0.481 e. The van der Waals surface area contributed by atoms with E-state index in [1.165, 1.54) is 0 Å². The second-order valence-corrected chi connectivity index (χ2v) is 6.91. The minimum absolute atomic E-state index is 0.0955. The van der Waals surface area contributed by atoms with Crippen molar-refractivity contribution in [3.8, 4) is 0 Å². The fourth-order valence-corrected chi connectivity index (χ4v) is 4.49. The van der Waals surface area contributed by atoms with E-state index in [-0.39, 0.29) is 17.6 Å². The predicted molar refractivity (Wildman–Crippen MR) is 82.3 cm³/mol. The van der Waals surface area contributed by atoms with Crippen LogP contribution in [0.3, 0.4) is 0 Å². The Hall–Kier alpha value is -1.20. The average Bonchev–Trinajstić information content (AvgIpc) is 3.05. The summed E-state index contributed by atoms with van der Waals surface area (Å²) in [4.78, 5) is 23.6. The molecule has 0 amide bonds. The third-order valence-electron chi connectivity index (χ3n) is 3.97. The molecule has 3 nitrogen and oxygen atoms in total. The lowest BCUT2D eigenvalue weighted by Gasteiger charge is -2.07. The van der Waals surface area contributed by atoms with Crippen LogP contribution in [0.2, 0.25) is 0 Å². The van der Waals surface area contributed by atoms with Gasteiger partial charge in [-0.05, 0) is 41.3 Å². The number of thiophene rings is 1. The van der Waals surface area contributed by atoms with E-state index in [0.29, 0.717) is 19.3 Å². The maximum absolute atomic E-state index is 12.6. The van der Waals surface area contributed by atoms with Crippen LogP contribution < -0.4 is 0 Å². The van der Waals surface area contributed by atoms with E-state index in [1.54, 1.807) is 11.3 Å². The third kappa shape index (κ3) is 2.29. The van der Waals surface area contributed by atoms with Crippen LogP contribution in [-0.4, -0.2) is 16.9 Å². The Kier molecular flexibility index (Phi) is 3.65. The highest BCUT2D eigenvalue weighted by atomic mass is 79.9. The number of carboxylic acids is 1. The van der Waals surface area contributed by atoms with Gasteiger partial charge in [0.2, 0.25) is 0 Å². The second kappa shape index (κ2) is 5.30. The lowest BCUT2D eigenvalue weighted by Crippen LogP contribution is -2.14. The molecule has 0 spiro atoms. The number of carbonyl (C=O) groups is 2. The molecule has 20 heavy (non-hydrogen) atoms. The highest BCUT2D eigenvalue weighted by Gasteiger charge is 2.34. The molecule has 1 saturated carbocycles. The van der Waals surface area contributed by atoms with Crippen LogP contribution in [0, 0.1) is 11.8 Å². The fourth-order valence-electron chi connectivity index (χ4n) is 2.88. The minimum atomic E-state index is -0.779. The summed E-state index contributed by atoms with van der Waals surface area (Å²) in [5.41, 5.74) is 0.738. The summed E-state index contributed by atoms with van der Waals surface area (Å²) >= 11 is 5.04. The van der Waals surface area contributed by atoms with E-state index in [0.717, 1.165) is 20.1 Å². The number of carboxylic acid groups (broad SMARTS) is 1. The SMILES string of the molecule is O=C(O)C1CCC(C(=O)c2csc3c(Br)cccc23)C1. The van der Waals surface area contributed by atoms with Gasteiger partial charge in [0.1, 0.15) is 0 Å². The van der Waals surface area contributed by atoms with Crippen LogP contribution in [0.1, 0.15) is 29.6 Å². The molecular formula is C15H13BrO3S. The number of benzene rings is 1. The number of hydrogen-bond acceptors (Lipinski definition) is 3. The summed E-state index contributed by atoms with van der Waals surface area (Å²) in [7, 11) is 0. The zero-order chi connectivity index (χ0) is 14.3. The topological polar surface area (TPSA) is 54.4 Å². The summed E-state index contributed by atoms with van der Waals surface area (Å²) in [5, 5.41) is 11.9. The van der Waals surface area contributed by atoms with Gasteiger partial charge in [-0.2, -0.15) is 0 Å². The quantitative estimate of drug-likeness (QED) is 0.835. The number of aliphatic carboxylic acids is 1. The third-order valence-corrected chi connectivity index (χ3v) is 5.92. The van der Waals surface area contributed by atoms with Crippen LogP contribution >= 0.6 is 27.3 Å². The van der Waals surface area contributed by atoms with Crippen molar-refractivity contribution in [2.45, 2.75) is 19.3 Å². The van der Waals surface area contributed by atoms with Gasteiger partial charge in [0.25, 0.3) is 0 Å². The average molecular weight is 353 g/mol. The number of Topliss-reactive ketones (excluding diaryl/α,β-unsaturated/α-hetero) is 1. The summed E-state index contributed by atoms with van der Waals surface area (Å²) in [6.45, 7) is 0. The van der Waals surface area contributed by atoms with Crippen LogP contribution in [0.25, 0.3) is 10.1 Å². The van der Waals surface area contributed by atoms with Crippen molar-refractivity contribution in [1.82, 2.24) is 0 Å². The van der Waals surface area contributed by atoms with Gasteiger partial charge in [0.15, 0.2) is 5.78 Å². The van der Waals surface area contributed by atoms with E-state index in [2.05, 4.69) is 15.9 Å². The van der Waals surface area contributed by atoms with Crippen molar-refractivity contribution < 1.29 is 14.7 Å². The summed E-state index contributed by atoms with van der Waals surface area (Å²) in [6.07, 6.45) is 1.76. The fraction of sp³-hybridized carbons (Fsp3) is 0.333. The molecule has 3 rings (SSSR count). The Morgan fingerprint density at radius 2 is 2.00 bits per heavy atom. The molecule has 1 aromatic heterocycles. The van der Waals surface area contributed by atoms with E-state index >= 15 is 0 Å². The van der Waals surface area contributed by atoms with Crippen molar-refractivity contribution >= 4 is 49.1 Å². The molecule has 1 aliphatic rings. The number of ketones is 1. The molecule has 1 heterocycles. The lowest BCUT2D eigenvalue weighted by atomic mass is 9.95. The molecule has 2 unspecified atom stereocenters. The standard InChI is InChI=1S/C15H13BrO3S/c16-12-3-1-2-10-11(7-20-14(10)12)13(17)8-4-5-9(6-8)15(18)19/h1-3,7-9H,4-6H2,(H,18,19). The number of halogens is 1. The molecule has 1 aliphatic carbocycles. The molecule has 2 aromatic rings. The van der Waals surface area contributed by atoms with Gasteiger partial charge in [0, 0.05) is 31.4 Å². The number of hydrogen-bond donors (Lipinski definition) is 1. The van der Waals surface area contributed by atoms with Crippen LogP contribution in [0.15, 0.2) is 28.1 Å². The summed E-state index contributed by atoms with van der Waals surface area (Å²) < 4.78 is 2.07. The van der Waals surface area contributed by atoms with Crippen molar-refractivity contribution in [3.05, 3.63) is 33.6 Å². The van der Waals surface area contributed by atoms with Crippen molar-refractivity contribution in [1.29, 1.82) is 0 Å². The van der Waals surface area contributed by atoms with Crippen molar-refractivity contribution in [2.75, 3.05) is 0 Å². The zero-order valence-corrected chi connectivity index (χ0v) is 13.0. The van der Waals surface area contributed by atoms with E-state index in [9.17, 15) is 9.59 Å². The molecule has 0 saturated heterocycles. The Morgan fingerprint density at radius 1 is 1.25 bits per heavy atom. The molecule has 1 aromatic carbocycles. The second-order valence-electron chi connectivity index (χ2n) is 5.18. The van der Waals surface area contributed by atoms with Gasteiger partial charge in [-0.1, -0.05) is 12.1 Å². The maximum Gasteiger partial charge on any atom is 0.306 e. The maximum atomic E-state index is 12.6. The molecule has 5 heteroatoms. The predicted octanol–water partition coefficient (Wildman–Crippen LogP) is 4.35. The Balaban J connectivity index is 1.90. The first-order valence-corrected chi connectivity index (χ1v) is 8.18. The molecule has 1 N–H and O–H groups in total. The van der Waals surface area contributed by atoms with Crippen molar-refractivity contribution in [2.24, 2.45) is 11.8 Å². The summed E-state index contributed by atoms with van der Waals surface area (Å²) in [5.74, 6) is -1.19. The first-order chi connectivity index (χ1) is 9.58. The van der Waals surface area contributed by atoms with Gasteiger partial charge in [0.05, 0.1) is 5.92 Å². The zero-order valence-electron chi connectivity index (χ0n) is 10.6. The number of fused-ring (bicyclic) bond motifs is 1. The molecule has 0 aliphatic heterocycles. The van der Waals surface area contributed by atoms with Crippen molar-refractivity contribution in [3.63, 3.8) is 0 Å². The molecule has 2 atom stereocenters. The van der Waals surface area contributed by atoms with E-state index in [1.807, 2.05) is 23.6 Å². The van der Waals surface area contributed by atoms with E-state index in [4.69, 9.17) is 5.11 Å². The molecule has 104 valence electrons. The Labute approximate surface area is 128 Å². The Bertz CT molecular complexity index is 691. The lowest BCUT2D eigenvalue weighted by molar-refractivity contribution is -0.141. The first kappa shape index (κ1) is 13.8. The minimum Gasteiger partial charge on any atom is -0.481 e. The van der Waals surface area contributed by atoms with Gasteiger partial charge in [-0.3, -0.25) is 9.59 Å². The van der Waals surface area contributed by atoms with Crippen LogP contribution in [0.5, 0.6) is 0 Å². The molecular weight excluding hydrogens is 340 g/mol. The monoisotopic (exact) mass is 352 g/mol. The highest BCUT2D eigenvalue weighted by molar-refractivity contribution is 9.10. The highest BCUT2D eigenvalue weighted by Crippen LogP contribution is 2.38. The van der Waals surface area contributed by atoms with Gasteiger partial charge in [-0.15, -0.1) is 11.3 Å². The molecule has 0 bridgehead atoms. The van der Waals surface area contributed by atoms with Gasteiger partial charge < -0.3 is 5.11 Å². The molecule has 1 fully saturated rings. The first-order valence-electron chi connectivity index (χ1n) is 6.50. The van der Waals surface area contributed by atoms with Gasteiger partial charge in [-0.25, -0.2) is 0 Å². The smallest absolute Gasteiger partial charge is 0.306 e. The normalized spacial score (nSPS) is 22.2. The van der Waals surface area contributed by atoms with E-state index < -0.39 is 5.97 Å². The molecule has 0 radical (unpaired) electrons. The number of rotatable bonds is 3. The van der Waals surface area contributed by atoms with Crippen LogP contribution in [-0.2, 0) is 4.79 Å². The van der Waals surface area contributed by atoms with Crippen LogP contribution in [0.4, 0.5) is 0 Å².